The molecule has 0 aliphatic carbocycles. The van der Waals surface area contributed by atoms with E-state index in [4.69, 9.17) is 5.14 Å². The van der Waals surface area contributed by atoms with Crippen molar-refractivity contribution >= 4 is 43.2 Å². The first-order valence-electron chi connectivity index (χ1n) is 7.23. The molecule has 0 saturated heterocycles. The molecule has 1 aromatic carbocycles. The number of fused-ring (bicyclic) bond motifs is 1. The number of thiophene rings is 1. The number of aromatic nitrogens is 2. The summed E-state index contributed by atoms with van der Waals surface area (Å²) in [6.07, 6.45) is 0. The van der Waals surface area contributed by atoms with E-state index in [1.165, 1.54) is 49.0 Å². The number of rotatable bonds is 3. The van der Waals surface area contributed by atoms with Gasteiger partial charge in [-0.2, -0.15) is 0 Å². The third kappa shape index (κ3) is 3.07. The Labute approximate surface area is 151 Å². The molecule has 2 aromatic heterocycles. The van der Waals surface area contributed by atoms with E-state index in [2.05, 4.69) is 5.32 Å². The summed E-state index contributed by atoms with van der Waals surface area (Å²) >= 11 is 0.993. The van der Waals surface area contributed by atoms with Crippen LogP contribution in [-0.4, -0.2) is 23.5 Å². The van der Waals surface area contributed by atoms with Gasteiger partial charge in [-0.25, -0.2) is 18.4 Å². The van der Waals surface area contributed by atoms with Crippen molar-refractivity contribution in [2.45, 2.75) is 4.90 Å². The zero-order valence-electron chi connectivity index (χ0n) is 13.7. The van der Waals surface area contributed by atoms with Gasteiger partial charge in [0.15, 0.2) is 0 Å². The Hall–Kier alpha value is -2.76. The number of anilines is 1. The number of nitrogens with two attached hydrogens (primary N) is 1. The maximum atomic E-state index is 12.5. The van der Waals surface area contributed by atoms with Crippen molar-refractivity contribution in [3.63, 3.8) is 0 Å². The molecule has 0 atom stereocenters. The topological polar surface area (TPSA) is 133 Å². The zero-order chi connectivity index (χ0) is 19.2. The average molecular weight is 394 g/mol. The van der Waals surface area contributed by atoms with Crippen LogP contribution in [0.3, 0.4) is 0 Å². The summed E-state index contributed by atoms with van der Waals surface area (Å²) in [7, 11) is -1.02. The first-order valence-corrected chi connectivity index (χ1v) is 9.59. The largest absolute Gasteiger partial charge is 0.331 e. The van der Waals surface area contributed by atoms with E-state index < -0.39 is 27.2 Å². The highest BCUT2D eigenvalue weighted by molar-refractivity contribution is 7.89. The highest BCUT2D eigenvalue weighted by atomic mass is 32.2. The van der Waals surface area contributed by atoms with E-state index in [9.17, 15) is 22.8 Å². The quantitative estimate of drug-likeness (QED) is 0.655. The standard InChI is InChI=1S/C15H14N4O5S2/c1-18-13(21)10-7-11(25-14(10)19(2)15(18)22)12(20)17-8-4-3-5-9(6-8)26(16,23)24/h3-7H,1-2H3,(H,17,20)(H2,16,23,24). The van der Waals surface area contributed by atoms with E-state index in [0.29, 0.717) is 4.83 Å². The number of primary sulfonamides is 1. The van der Waals surface area contributed by atoms with Crippen LogP contribution in [0.15, 0.2) is 44.8 Å². The van der Waals surface area contributed by atoms with Gasteiger partial charge in [0, 0.05) is 19.8 Å². The molecule has 0 unspecified atom stereocenters. The van der Waals surface area contributed by atoms with Gasteiger partial charge in [-0.15, -0.1) is 11.3 Å². The van der Waals surface area contributed by atoms with Crippen LogP contribution < -0.4 is 21.7 Å². The van der Waals surface area contributed by atoms with Gasteiger partial charge in [-0.3, -0.25) is 18.7 Å². The summed E-state index contributed by atoms with van der Waals surface area (Å²) in [4.78, 5) is 37.1. The van der Waals surface area contributed by atoms with Crippen LogP contribution in [0, 0.1) is 0 Å². The van der Waals surface area contributed by atoms with Gasteiger partial charge in [0.2, 0.25) is 10.0 Å². The Morgan fingerprint density at radius 1 is 1.15 bits per heavy atom. The molecule has 0 saturated carbocycles. The normalized spacial score (nSPS) is 11.7. The minimum absolute atomic E-state index is 0.136. The molecule has 136 valence electrons. The second kappa shape index (κ2) is 6.20. The second-order valence-corrected chi connectivity index (χ2v) is 8.15. The smallest absolute Gasteiger partial charge is 0.321 e. The lowest BCUT2D eigenvalue weighted by Gasteiger charge is -2.05. The minimum atomic E-state index is -3.90. The van der Waals surface area contributed by atoms with E-state index in [0.717, 1.165) is 15.9 Å². The SMILES string of the molecule is Cn1c(=O)c2cc(C(=O)Nc3cccc(S(N)(=O)=O)c3)sc2n(C)c1=O. The molecule has 3 N–H and O–H groups in total. The second-order valence-electron chi connectivity index (χ2n) is 5.56. The molecular weight excluding hydrogens is 380 g/mol. The Kier molecular flexibility index (Phi) is 4.30. The third-order valence-corrected chi connectivity index (χ3v) is 5.89. The van der Waals surface area contributed by atoms with Gasteiger partial charge >= 0.3 is 5.69 Å². The number of nitrogens with one attached hydrogen (secondary N) is 1. The van der Waals surface area contributed by atoms with Crippen molar-refractivity contribution in [1.29, 1.82) is 0 Å². The van der Waals surface area contributed by atoms with E-state index >= 15 is 0 Å². The zero-order valence-corrected chi connectivity index (χ0v) is 15.3. The number of hydrogen-bond acceptors (Lipinski definition) is 6. The fraction of sp³-hybridized carbons (Fsp3) is 0.133. The molecule has 11 heteroatoms. The van der Waals surface area contributed by atoms with Crippen LogP contribution in [0.1, 0.15) is 9.67 Å². The summed E-state index contributed by atoms with van der Waals surface area (Å²) in [6, 6.07) is 6.90. The number of carbonyl (C=O) groups excluding carboxylic acids is 1. The maximum Gasteiger partial charge on any atom is 0.331 e. The Balaban J connectivity index is 2.02. The number of hydrogen-bond donors (Lipinski definition) is 2. The summed E-state index contributed by atoms with van der Waals surface area (Å²) in [5.74, 6) is -0.535. The first-order chi connectivity index (χ1) is 12.1. The molecule has 0 spiro atoms. The molecule has 0 aliphatic rings. The Morgan fingerprint density at radius 2 is 1.85 bits per heavy atom. The molecule has 0 aliphatic heterocycles. The number of sulfonamides is 1. The van der Waals surface area contributed by atoms with Gasteiger partial charge in [0.05, 0.1) is 15.2 Å². The summed E-state index contributed by atoms with van der Waals surface area (Å²) < 4.78 is 25.0. The van der Waals surface area contributed by atoms with Crippen molar-refractivity contribution in [3.8, 4) is 0 Å². The number of benzene rings is 1. The molecule has 3 aromatic rings. The average Bonchev–Trinajstić information content (AvgIpc) is 3.03. The molecular formula is C15H14N4O5S2. The predicted molar refractivity (Wildman–Crippen MR) is 98.1 cm³/mol. The lowest BCUT2D eigenvalue weighted by Crippen LogP contribution is -2.36. The lowest BCUT2D eigenvalue weighted by molar-refractivity contribution is 0.103. The number of nitrogens with zero attached hydrogens (tertiary/aromatic N) is 2. The van der Waals surface area contributed by atoms with Crippen molar-refractivity contribution in [3.05, 3.63) is 56.0 Å². The van der Waals surface area contributed by atoms with Crippen molar-refractivity contribution < 1.29 is 13.2 Å². The molecule has 3 rings (SSSR count). The highest BCUT2D eigenvalue weighted by Crippen LogP contribution is 2.23. The van der Waals surface area contributed by atoms with Gasteiger partial charge < -0.3 is 5.32 Å². The fourth-order valence-electron chi connectivity index (χ4n) is 2.42. The number of aryl methyl sites for hydroxylation is 1. The van der Waals surface area contributed by atoms with Crippen LogP contribution in [0.25, 0.3) is 10.2 Å². The number of amides is 1. The van der Waals surface area contributed by atoms with Gasteiger partial charge in [0.25, 0.3) is 11.5 Å². The summed E-state index contributed by atoms with van der Waals surface area (Å²) in [5.41, 5.74) is -0.743. The highest BCUT2D eigenvalue weighted by Gasteiger charge is 2.17. The Bertz CT molecular complexity index is 1270. The van der Waals surface area contributed by atoms with Crippen molar-refractivity contribution in [2.24, 2.45) is 19.2 Å². The minimum Gasteiger partial charge on any atom is -0.321 e. The van der Waals surface area contributed by atoms with Crippen LogP contribution in [0.2, 0.25) is 0 Å². The van der Waals surface area contributed by atoms with E-state index in [1.54, 1.807) is 0 Å². The van der Waals surface area contributed by atoms with Gasteiger partial charge in [-0.05, 0) is 24.3 Å². The molecule has 9 nitrogen and oxygen atoms in total. The van der Waals surface area contributed by atoms with Gasteiger partial charge in [-0.1, -0.05) is 6.07 Å². The fourth-order valence-corrected chi connectivity index (χ4v) is 3.98. The molecule has 0 fully saturated rings. The van der Waals surface area contributed by atoms with Crippen molar-refractivity contribution in [1.82, 2.24) is 9.13 Å². The number of carbonyl (C=O) groups is 1. The van der Waals surface area contributed by atoms with Crippen LogP contribution in [0.4, 0.5) is 5.69 Å². The lowest BCUT2D eigenvalue weighted by atomic mass is 10.3. The van der Waals surface area contributed by atoms with E-state index in [-0.39, 0.29) is 20.8 Å². The first kappa shape index (κ1) is 18.0. The molecule has 1 amide bonds. The van der Waals surface area contributed by atoms with Crippen molar-refractivity contribution in [2.75, 3.05) is 5.32 Å². The molecule has 0 bridgehead atoms. The Morgan fingerprint density at radius 3 is 2.50 bits per heavy atom. The summed E-state index contributed by atoms with van der Waals surface area (Å²) in [6.45, 7) is 0. The molecule has 0 radical (unpaired) electrons. The monoisotopic (exact) mass is 394 g/mol. The van der Waals surface area contributed by atoms with Crippen LogP contribution in [-0.2, 0) is 24.1 Å². The van der Waals surface area contributed by atoms with Crippen LogP contribution in [0.5, 0.6) is 0 Å². The van der Waals surface area contributed by atoms with Crippen LogP contribution >= 0.6 is 11.3 Å². The molecule has 26 heavy (non-hydrogen) atoms. The third-order valence-electron chi connectivity index (χ3n) is 3.77. The predicted octanol–water partition coefficient (Wildman–Crippen LogP) is 0.198. The molecule has 2 heterocycles. The maximum absolute atomic E-state index is 12.5. The summed E-state index contributed by atoms with van der Waals surface area (Å²) in [5, 5.41) is 7.88. The van der Waals surface area contributed by atoms with E-state index in [1.807, 2.05) is 0 Å². The van der Waals surface area contributed by atoms with Gasteiger partial charge in [0.1, 0.15) is 4.83 Å².